The number of nitrogens with one attached hydrogen (secondary N) is 1. The van der Waals surface area contributed by atoms with E-state index in [0.29, 0.717) is 6.54 Å². The first-order valence-corrected chi connectivity index (χ1v) is 12.6. The molecule has 0 saturated carbocycles. The number of benzene rings is 3. The van der Waals surface area contributed by atoms with E-state index in [1.807, 2.05) is 80.6 Å². The second-order valence-corrected chi connectivity index (χ2v) is 9.53. The Bertz CT molecular complexity index is 1310. The highest BCUT2D eigenvalue weighted by Crippen LogP contribution is 2.35. The molecular formula is C30H32BN3O3. The second kappa shape index (κ2) is 12.2. The van der Waals surface area contributed by atoms with E-state index >= 15 is 0 Å². The molecule has 1 heterocycles. The fraction of sp³-hybridized carbons (Fsp3) is 0.233. The Morgan fingerprint density at radius 3 is 2.00 bits per heavy atom. The van der Waals surface area contributed by atoms with Crippen LogP contribution in [-0.2, 0) is 6.61 Å². The molecule has 1 N–H and O–H groups in total. The van der Waals surface area contributed by atoms with Crippen LogP contribution in [0.1, 0.15) is 46.9 Å². The number of rotatable bonds is 10. The second-order valence-electron chi connectivity index (χ2n) is 9.53. The third-order valence-corrected chi connectivity index (χ3v) is 6.51. The molecule has 0 aliphatic heterocycles. The molecule has 7 heteroatoms. The molecule has 1 aromatic heterocycles. The molecule has 4 rings (SSSR count). The Labute approximate surface area is 218 Å². The van der Waals surface area contributed by atoms with Crippen molar-refractivity contribution in [3.63, 3.8) is 0 Å². The quantitative estimate of drug-likeness (QED) is 0.331. The van der Waals surface area contributed by atoms with Crippen LogP contribution in [0.25, 0.3) is 0 Å². The van der Waals surface area contributed by atoms with E-state index in [1.54, 1.807) is 4.90 Å². The van der Waals surface area contributed by atoms with Gasteiger partial charge >= 0.3 is 0 Å². The molecule has 0 unspecified atom stereocenters. The van der Waals surface area contributed by atoms with Gasteiger partial charge in [-0.3, -0.25) is 14.7 Å². The van der Waals surface area contributed by atoms with E-state index in [2.05, 4.69) is 42.3 Å². The maximum Gasteiger partial charge on any atom is 0.278 e. The highest BCUT2D eigenvalue weighted by Gasteiger charge is 2.29. The molecule has 0 spiro atoms. The van der Waals surface area contributed by atoms with E-state index in [1.165, 1.54) is 17.3 Å². The number of hydrogen-bond donors (Lipinski definition) is 1. The summed E-state index contributed by atoms with van der Waals surface area (Å²) in [5.74, 6) is -0.172. The van der Waals surface area contributed by atoms with Gasteiger partial charge in [-0.1, -0.05) is 91.0 Å². The zero-order chi connectivity index (χ0) is 26.2. The van der Waals surface area contributed by atoms with Crippen LogP contribution in [0.5, 0.6) is 5.75 Å². The lowest BCUT2D eigenvalue weighted by Crippen LogP contribution is -2.42. The Balaban J connectivity index is 1.58. The van der Waals surface area contributed by atoms with Crippen molar-refractivity contribution in [3.8, 4) is 5.75 Å². The molecule has 1 amide bonds. The minimum atomic E-state index is -0.513. The average Bonchev–Trinajstić information content (AvgIpc) is 2.92. The zero-order valence-electron chi connectivity index (χ0n) is 21.5. The molecule has 3 aromatic carbocycles. The van der Waals surface area contributed by atoms with Gasteiger partial charge in [0.1, 0.15) is 14.5 Å². The fourth-order valence-electron chi connectivity index (χ4n) is 4.63. The molecule has 4 aromatic rings. The molecule has 37 heavy (non-hydrogen) atoms. The number of aromatic nitrogens is 2. The largest absolute Gasteiger partial charge is 0.483 e. The Kier molecular flexibility index (Phi) is 8.57. The van der Waals surface area contributed by atoms with Gasteiger partial charge in [0, 0.05) is 18.5 Å². The summed E-state index contributed by atoms with van der Waals surface area (Å²) in [6.45, 7) is 4.59. The molecule has 0 aliphatic carbocycles. The lowest BCUT2D eigenvalue weighted by Gasteiger charge is -2.33. The summed E-state index contributed by atoms with van der Waals surface area (Å²) in [5, 5.41) is 6.74. The first-order chi connectivity index (χ1) is 18.0. The molecule has 0 radical (unpaired) electrons. The number of ether oxygens (including phenoxy) is 1. The van der Waals surface area contributed by atoms with Crippen molar-refractivity contribution in [2.75, 3.05) is 6.54 Å². The number of nitrogens with zero attached hydrogens (tertiary/aromatic N) is 2. The minimum Gasteiger partial charge on any atom is -0.483 e. The van der Waals surface area contributed by atoms with Crippen LogP contribution >= 0.6 is 0 Å². The number of aromatic amines is 1. The standard InChI is InChI=1S/C30H32BN3O3/c1-21(2)34(19-25(31)27(23-14-8-4-9-15-23)24-16-10-5-11-17-24)30(36)28-29(35)26(18-32-33-28)37-20-22-12-6-3-7-13-22/h3-18,21,25,27H,19-20,31H2,1-2H3,(H,32,35)/t25-/m0/s1. The highest BCUT2D eigenvalue weighted by molar-refractivity contribution is 6.13. The van der Waals surface area contributed by atoms with Gasteiger partial charge in [-0.25, -0.2) is 0 Å². The van der Waals surface area contributed by atoms with E-state index in [9.17, 15) is 9.59 Å². The Morgan fingerprint density at radius 2 is 1.46 bits per heavy atom. The fourth-order valence-corrected chi connectivity index (χ4v) is 4.63. The van der Waals surface area contributed by atoms with E-state index in [0.717, 1.165) is 5.56 Å². The van der Waals surface area contributed by atoms with Crippen molar-refractivity contribution >= 4 is 13.8 Å². The summed E-state index contributed by atoms with van der Waals surface area (Å²) in [4.78, 5) is 28.5. The molecule has 0 aliphatic rings. The van der Waals surface area contributed by atoms with Crippen LogP contribution in [0.15, 0.2) is 102 Å². The van der Waals surface area contributed by atoms with Gasteiger partial charge < -0.3 is 9.64 Å². The Morgan fingerprint density at radius 1 is 0.919 bits per heavy atom. The van der Waals surface area contributed by atoms with Crippen LogP contribution in [-0.4, -0.2) is 41.4 Å². The smallest absolute Gasteiger partial charge is 0.278 e. The maximum absolute atomic E-state index is 13.7. The third kappa shape index (κ3) is 6.36. The van der Waals surface area contributed by atoms with Gasteiger partial charge in [0.2, 0.25) is 0 Å². The summed E-state index contributed by atoms with van der Waals surface area (Å²) in [6.07, 6.45) is 1.39. The number of H-pyrrole nitrogens is 1. The van der Waals surface area contributed by atoms with Crippen molar-refractivity contribution in [2.24, 2.45) is 0 Å². The van der Waals surface area contributed by atoms with Gasteiger partial charge in [0.25, 0.3) is 11.3 Å². The van der Waals surface area contributed by atoms with Gasteiger partial charge in [0.15, 0.2) is 11.4 Å². The first kappa shape index (κ1) is 26.0. The predicted octanol–water partition coefficient (Wildman–Crippen LogP) is 4.45. The van der Waals surface area contributed by atoms with Gasteiger partial charge in [-0.2, -0.15) is 5.10 Å². The van der Waals surface area contributed by atoms with Crippen LogP contribution in [0.3, 0.4) is 0 Å². The van der Waals surface area contributed by atoms with Crippen molar-refractivity contribution in [3.05, 3.63) is 130 Å². The van der Waals surface area contributed by atoms with E-state index in [-0.39, 0.29) is 35.8 Å². The minimum absolute atomic E-state index is 0.0744. The van der Waals surface area contributed by atoms with Crippen molar-refractivity contribution < 1.29 is 9.53 Å². The summed E-state index contributed by atoms with van der Waals surface area (Å²) < 4.78 is 5.73. The number of carbonyl (C=O) groups is 1. The molecule has 0 saturated heterocycles. The summed E-state index contributed by atoms with van der Waals surface area (Å²) in [6, 6.07) is 30.1. The molecule has 0 bridgehead atoms. The van der Waals surface area contributed by atoms with Crippen LogP contribution < -0.4 is 10.2 Å². The summed E-state index contributed by atoms with van der Waals surface area (Å²) in [7, 11) is 2.14. The van der Waals surface area contributed by atoms with Gasteiger partial charge in [-0.15, -0.1) is 0 Å². The SMILES string of the molecule is B[C@@H](CN(C(=O)c1n[nH]cc(OCc2ccccc2)c1=O)C(C)C)C(c1ccccc1)c1ccccc1. The zero-order valence-corrected chi connectivity index (χ0v) is 21.5. The molecule has 188 valence electrons. The highest BCUT2D eigenvalue weighted by atomic mass is 16.5. The van der Waals surface area contributed by atoms with Crippen molar-refractivity contribution in [2.45, 2.75) is 38.2 Å². The first-order valence-electron chi connectivity index (χ1n) is 12.6. The monoisotopic (exact) mass is 493 g/mol. The predicted molar refractivity (Wildman–Crippen MR) is 149 cm³/mol. The van der Waals surface area contributed by atoms with Crippen LogP contribution in [0.4, 0.5) is 0 Å². The number of carbonyl (C=O) groups excluding carboxylic acids is 1. The topological polar surface area (TPSA) is 75.3 Å². The normalized spacial score (nSPS) is 11.9. The molecule has 1 atom stereocenters. The van der Waals surface area contributed by atoms with Crippen LogP contribution in [0.2, 0.25) is 5.82 Å². The van der Waals surface area contributed by atoms with Crippen molar-refractivity contribution in [1.29, 1.82) is 0 Å². The van der Waals surface area contributed by atoms with E-state index < -0.39 is 11.3 Å². The van der Waals surface area contributed by atoms with Gasteiger partial charge in [-0.05, 0) is 36.4 Å². The molecular weight excluding hydrogens is 461 g/mol. The molecule has 0 fully saturated rings. The Hall–Kier alpha value is -4.13. The lowest BCUT2D eigenvalue weighted by molar-refractivity contribution is 0.0692. The lowest BCUT2D eigenvalue weighted by atomic mass is 9.70. The number of hydrogen-bond acceptors (Lipinski definition) is 4. The van der Waals surface area contributed by atoms with Gasteiger partial charge in [0.05, 0.1) is 6.20 Å². The summed E-state index contributed by atoms with van der Waals surface area (Å²) in [5.41, 5.74) is 2.62. The average molecular weight is 493 g/mol. The van der Waals surface area contributed by atoms with E-state index in [4.69, 9.17) is 4.74 Å². The third-order valence-electron chi connectivity index (χ3n) is 6.51. The number of amides is 1. The molecule has 6 nitrogen and oxygen atoms in total. The maximum atomic E-state index is 13.7. The summed E-state index contributed by atoms with van der Waals surface area (Å²) >= 11 is 0. The van der Waals surface area contributed by atoms with Crippen LogP contribution in [0, 0.1) is 0 Å². The van der Waals surface area contributed by atoms with Crippen molar-refractivity contribution in [1.82, 2.24) is 15.1 Å².